The van der Waals surface area contributed by atoms with Gasteiger partial charge in [-0.05, 0) is 24.7 Å². The molecule has 1 saturated heterocycles. The van der Waals surface area contributed by atoms with E-state index in [1.165, 1.54) is 17.7 Å². The Balaban J connectivity index is 1.92. The van der Waals surface area contributed by atoms with Gasteiger partial charge >= 0.3 is 0 Å². The third kappa shape index (κ3) is 2.11. The maximum atomic E-state index is 12.6. The molecule has 1 fully saturated rings. The molecule has 2 nitrogen and oxygen atoms in total. The van der Waals surface area contributed by atoms with Crippen LogP contribution in [0.5, 0.6) is 0 Å². The van der Waals surface area contributed by atoms with Crippen LogP contribution in [-0.2, 0) is 6.54 Å². The monoisotopic (exact) mass is 194 g/mol. The van der Waals surface area contributed by atoms with Crippen LogP contribution in [0, 0.1) is 5.82 Å². The lowest BCUT2D eigenvalue weighted by Crippen LogP contribution is -2.55. The Labute approximate surface area is 83.7 Å². The highest BCUT2D eigenvalue weighted by Crippen LogP contribution is 2.09. The molecule has 0 aromatic heterocycles. The summed E-state index contributed by atoms with van der Waals surface area (Å²) in [7, 11) is 2.11. The molecule has 76 valence electrons. The maximum Gasteiger partial charge on any atom is 0.123 e. The third-order valence-corrected chi connectivity index (χ3v) is 2.73. The Hall–Kier alpha value is -0.930. The van der Waals surface area contributed by atoms with Crippen LogP contribution in [0.1, 0.15) is 5.56 Å². The topological polar surface area (TPSA) is 15.3 Å². The zero-order valence-corrected chi connectivity index (χ0v) is 8.33. The third-order valence-electron chi connectivity index (χ3n) is 2.73. The number of halogens is 1. The Morgan fingerprint density at radius 3 is 2.50 bits per heavy atom. The fraction of sp³-hybridized carbons (Fsp3) is 0.455. The second kappa shape index (κ2) is 4.07. The zero-order chi connectivity index (χ0) is 9.97. The molecule has 2 rings (SSSR count). The van der Waals surface area contributed by atoms with Gasteiger partial charge in [0, 0.05) is 25.7 Å². The van der Waals surface area contributed by atoms with Gasteiger partial charge in [0.25, 0.3) is 0 Å². The molecule has 0 spiro atoms. The number of benzene rings is 1. The minimum absolute atomic E-state index is 0.165. The number of hydrogen-bond acceptors (Lipinski definition) is 2. The first-order chi connectivity index (χ1) is 6.75. The van der Waals surface area contributed by atoms with Crippen molar-refractivity contribution >= 4 is 0 Å². The van der Waals surface area contributed by atoms with Crippen molar-refractivity contribution in [1.82, 2.24) is 10.2 Å². The van der Waals surface area contributed by atoms with Gasteiger partial charge in [-0.25, -0.2) is 4.39 Å². The second-order valence-corrected chi connectivity index (χ2v) is 3.85. The highest BCUT2D eigenvalue weighted by Gasteiger charge is 2.20. The van der Waals surface area contributed by atoms with Crippen molar-refractivity contribution in [1.29, 1.82) is 0 Å². The Morgan fingerprint density at radius 1 is 1.36 bits per heavy atom. The molecule has 1 aromatic carbocycles. The average Bonchev–Trinajstić information content (AvgIpc) is 2.06. The van der Waals surface area contributed by atoms with Crippen molar-refractivity contribution in [3.63, 3.8) is 0 Å². The molecule has 1 heterocycles. The minimum Gasteiger partial charge on any atom is -0.314 e. The first kappa shape index (κ1) is 9.62. The summed E-state index contributed by atoms with van der Waals surface area (Å²) in [6, 6.07) is 7.36. The number of likely N-dealkylation sites (N-methyl/N-ethyl adjacent to an activating group) is 1. The van der Waals surface area contributed by atoms with E-state index in [0.29, 0.717) is 6.04 Å². The Morgan fingerprint density at radius 2 is 2.00 bits per heavy atom. The molecular weight excluding hydrogens is 179 g/mol. The normalized spacial score (nSPS) is 17.1. The number of nitrogens with one attached hydrogen (secondary N) is 1. The standard InChI is InChI=1S/C11H15FN2/c1-14(11-6-13-7-11)8-9-2-4-10(12)5-3-9/h2-5,11,13H,6-8H2,1H3. The summed E-state index contributed by atoms with van der Waals surface area (Å²) in [5, 5.41) is 3.24. The predicted octanol–water partition coefficient (Wildman–Crippen LogP) is 1.23. The molecule has 14 heavy (non-hydrogen) atoms. The number of rotatable bonds is 3. The van der Waals surface area contributed by atoms with E-state index in [2.05, 4.69) is 17.3 Å². The van der Waals surface area contributed by atoms with Gasteiger partial charge in [-0.15, -0.1) is 0 Å². The lowest BCUT2D eigenvalue weighted by atomic mass is 10.1. The maximum absolute atomic E-state index is 12.6. The van der Waals surface area contributed by atoms with Crippen LogP contribution in [0.25, 0.3) is 0 Å². The number of hydrogen-bond donors (Lipinski definition) is 1. The lowest BCUT2D eigenvalue weighted by molar-refractivity contribution is 0.173. The van der Waals surface area contributed by atoms with Gasteiger partial charge in [-0.1, -0.05) is 12.1 Å². The first-order valence-corrected chi connectivity index (χ1v) is 4.91. The summed E-state index contributed by atoms with van der Waals surface area (Å²) in [4.78, 5) is 2.30. The molecule has 1 aliphatic heterocycles. The Kier molecular flexibility index (Phi) is 2.79. The Bertz CT molecular complexity index is 293. The average molecular weight is 194 g/mol. The van der Waals surface area contributed by atoms with E-state index < -0.39 is 0 Å². The summed E-state index contributed by atoms with van der Waals surface area (Å²) in [6.45, 7) is 3.03. The van der Waals surface area contributed by atoms with Crippen molar-refractivity contribution < 1.29 is 4.39 Å². The van der Waals surface area contributed by atoms with E-state index in [1.54, 1.807) is 0 Å². The van der Waals surface area contributed by atoms with Crippen molar-refractivity contribution in [2.75, 3.05) is 20.1 Å². The van der Waals surface area contributed by atoms with Crippen LogP contribution in [0.15, 0.2) is 24.3 Å². The molecule has 0 unspecified atom stereocenters. The molecule has 0 bridgehead atoms. The van der Waals surface area contributed by atoms with Crippen molar-refractivity contribution in [2.24, 2.45) is 0 Å². The fourth-order valence-corrected chi connectivity index (χ4v) is 1.59. The van der Waals surface area contributed by atoms with Gasteiger partial charge in [0.05, 0.1) is 0 Å². The summed E-state index contributed by atoms with van der Waals surface area (Å²) >= 11 is 0. The molecule has 3 heteroatoms. The van der Waals surface area contributed by atoms with E-state index in [0.717, 1.165) is 19.6 Å². The van der Waals surface area contributed by atoms with E-state index in [1.807, 2.05) is 12.1 Å². The SMILES string of the molecule is CN(Cc1ccc(F)cc1)C1CNC1. The van der Waals surface area contributed by atoms with Gasteiger partial charge in [0.2, 0.25) is 0 Å². The van der Waals surface area contributed by atoms with Crippen LogP contribution in [0.2, 0.25) is 0 Å². The fourth-order valence-electron chi connectivity index (χ4n) is 1.59. The van der Waals surface area contributed by atoms with Gasteiger partial charge in [0.15, 0.2) is 0 Å². The van der Waals surface area contributed by atoms with Crippen molar-refractivity contribution in [2.45, 2.75) is 12.6 Å². The van der Waals surface area contributed by atoms with E-state index in [9.17, 15) is 4.39 Å². The summed E-state index contributed by atoms with van der Waals surface area (Å²) in [6.07, 6.45) is 0. The van der Waals surface area contributed by atoms with Crippen LogP contribution < -0.4 is 5.32 Å². The van der Waals surface area contributed by atoms with E-state index in [4.69, 9.17) is 0 Å². The van der Waals surface area contributed by atoms with Crippen LogP contribution in [-0.4, -0.2) is 31.1 Å². The molecule has 1 N–H and O–H groups in total. The molecule has 0 radical (unpaired) electrons. The highest BCUT2D eigenvalue weighted by atomic mass is 19.1. The molecule has 0 amide bonds. The predicted molar refractivity (Wildman–Crippen MR) is 54.5 cm³/mol. The van der Waals surface area contributed by atoms with Gasteiger partial charge < -0.3 is 5.32 Å². The van der Waals surface area contributed by atoms with Gasteiger partial charge in [-0.3, -0.25) is 4.90 Å². The molecule has 0 aliphatic carbocycles. The second-order valence-electron chi connectivity index (χ2n) is 3.85. The van der Waals surface area contributed by atoms with Gasteiger partial charge in [-0.2, -0.15) is 0 Å². The number of nitrogens with zero attached hydrogens (tertiary/aromatic N) is 1. The molecular formula is C11H15FN2. The molecule has 0 atom stereocenters. The summed E-state index contributed by atoms with van der Waals surface area (Å²) < 4.78 is 12.6. The van der Waals surface area contributed by atoms with Crippen molar-refractivity contribution in [3.05, 3.63) is 35.6 Å². The van der Waals surface area contributed by atoms with Crippen molar-refractivity contribution in [3.8, 4) is 0 Å². The highest BCUT2D eigenvalue weighted by molar-refractivity contribution is 5.16. The zero-order valence-electron chi connectivity index (χ0n) is 8.33. The van der Waals surface area contributed by atoms with Gasteiger partial charge in [0.1, 0.15) is 5.82 Å². The smallest absolute Gasteiger partial charge is 0.123 e. The van der Waals surface area contributed by atoms with Crippen LogP contribution in [0.4, 0.5) is 4.39 Å². The van der Waals surface area contributed by atoms with E-state index in [-0.39, 0.29) is 5.82 Å². The summed E-state index contributed by atoms with van der Waals surface area (Å²) in [5.74, 6) is -0.165. The lowest BCUT2D eigenvalue weighted by Gasteiger charge is -2.35. The quantitative estimate of drug-likeness (QED) is 0.778. The van der Waals surface area contributed by atoms with Crippen LogP contribution >= 0.6 is 0 Å². The minimum atomic E-state index is -0.165. The molecule has 1 aliphatic rings. The van der Waals surface area contributed by atoms with E-state index >= 15 is 0 Å². The molecule has 1 aromatic rings. The largest absolute Gasteiger partial charge is 0.314 e. The molecule has 0 saturated carbocycles. The summed E-state index contributed by atoms with van der Waals surface area (Å²) in [5.41, 5.74) is 1.17. The van der Waals surface area contributed by atoms with Crippen LogP contribution in [0.3, 0.4) is 0 Å². The first-order valence-electron chi connectivity index (χ1n) is 4.91.